The fourth-order valence-corrected chi connectivity index (χ4v) is 0.932. The summed E-state index contributed by atoms with van der Waals surface area (Å²) < 4.78 is 16.9. The number of hydrogen-bond acceptors (Lipinski definition) is 4. The molecule has 0 spiro atoms. The first kappa shape index (κ1) is 8.86. The minimum Gasteiger partial charge on any atom is -0.394 e. The highest BCUT2D eigenvalue weighted by atomic mass is 19.1. The molecule has 65 valence electrons. The lowest BCUT2D eigenvalue weighted by molar-refractivity contribution is -0.0541. The molecule has 1 saturated heterocycles. The van der Waals surface area contributed by atoms with E-state index in [0.717, 1.165) is 6.92 Å². The second-order valence-corrected chi connectivity index (χ2v) is 2.70. The molecule has 1 aliphatic heterocycles. The molecule has 0 bridgehead atoms. The summed E-state index contributed by atoms with van der Waals surface area (Å²) in [4.78, 5) is 0. The monoisotopic (exact) mass is 165 g/mol. The third-order valence-electron chi connectivity index (χ3n) is 1.76. The SMILES string of the molecule is C[C@]1(O)[C](F)O[C@H](CO)[C@H]1O. The topological polar surface area (TPSA) is 69.9 Å². The molecule has 1 aliphatic rings. The molecule has 1 fully saturated rings. The van der Waals surface area contributed by atoms with Gasteiger partial charge in [0.15, 0.2) is 5.60 Å². The molecule has 0 aromatic rings. The maximum absolute atomic E-state index is 12.6. The normalized spacial score (nSPS) is 46.6. The number of aliphatic hydroxyl groups is 3. The van der Waals surface area contributed by atoms with Crippen molar-refractivity contribution in [2.45, 2.75) is 24.7 Å². The van der Waals surface area contributed by atoms with Crippen molar-refractivity contribution in [2.24, 2.45) is 0 Å². The van der Waals surface area contributed by atoms with Crippen molar-refractivity contribution in [1.29, 1.82) is 0 Å². The lowest BCUT2D eigenvalue weighted by atomic mass is 9.99. The van der Waals surface area contributed by atoms with E-state index in [1.165, 1.54) is 0 Å². The first-order chi connectivity index (χ1) is 5.00. The fraction of sp³-hybridized carbons (Fsp3) is 0.833. The maximum Gasteiger partial charge on any atom is 0.303 e. The number of hydrogen-bond donors (Lipinski definition) is 3. The van der Waals surface area contributed by atoms with Gasteiger partial charge in [-0.3, -0.25) is 0 Å². The van der Waals surface area contributed by atoms with Gasteiger partial charge < -0.3 is 20.1 Å². The van der Waals surface area contributed by atoms with E-state index >= 15 is 0 Å². The molecule has 0 unspecified atom stereocenters. The summed E-state index contributed by atoms with van der Waals surface area (Å²) in [7, 11) is 0. The second kappa shape index (κ2) is 2.67. The van der Waals surface area contributed by atoms with Crippen LogP contribution < -0.4 is 0 Å². The minimum atomic E-state index is -1.99. The van der Waals surface area contributed by atoms with Gasteiger partial charge in [0.1, 0.15) is 12.2 Å². The molecule has 4 nitrogen and oxygen atoms in total. The van der Waals surface area contributed by atoms with E-state index in [1.54, 1.807) is 0 Å². The molecule has 1 rings (SSSR count). The summed E-state index contributed by atoms with van der Waals surface area (Å²) in [6.07, 6.45) is -3.62. The van der Waals surface area contributed by atoms with E-state index in [1.807, 2.05) is 0 Å². The van der Waals surface area contributed by atoms with Crippen LogP contribution in [-0.4, -0.2) is 39.7 Å². The number of ether oxygens (including phenoxy) is 1. The number of halogens is 1. The zero-order valence-corrected chi connectivity index (χ0v) is 5.99. The molecule has 3 atom stereocenters. The van der Waals surface area contributed by atoms with Crippen LogP contribution >= 0.6 is 0 Å². The van der Waals surface area contributed by atoms with Gasteiger partial charge in [0.2, 0.25) is 0 Å². The van der Waals surface area contributed by atoms with Crippen molar-refractivity contribution in [1.82, 2.24) is 0 Å². The fourth-order valence-electron chi connectivity index (χ4n) is 0.932. The molecule has 0 amide bonds. The van der Waals surface area contributed by atoms with Gasteiger partial charge in [-0.2, -0.15) is 0 Å². The summed E-state index contributed by atoms with van der Waals surface area (Å²) in [5, 5.41) is 26.7. The van der Waals surface area contributed by atoms with Crippen LogP contribution in [0.5, 0.6) is 0 Å². The maximum atomic E-state index is 12.6. The van der Waals surface area contributed by atoms with Crippen LogP contribution in [0.3, 0.4) is 0 Å². The molecule has 0 saturated carbocycles. The predicted octanol–water partition coefficient (Wildman–Crippen LogP) is -1.05. The van der Waals surface area contributed by atoms with Crippen LogP contribution in [0.25, 0.3) is 0 Å². The minimum absolute atomic E-state index is 0.523. The average Bonchev–Trinajstić information content (AvgIpc) is 2.14. The van der Waals surface area contributed by atoms with Crippen molar-refractivity contribution in [3.63, 3.8) is 0 Å². The van der Waals surface area contributed by atoms with Gasteiger partial charge in [-0.05, 0) is 6.92 Å². The van der Waals surface area contributed by atoms with Crippen LogP contribution in [0.1, 0.15) is 6.92 Å². The molecule has 0 aromatic carbocycles. The van der Waals surface area contributed by atoms with Crippen molar-refractivity contribution >= 4 is 0 Å². The zero-order valence-electron chi connectivity index (χ0n) is 5.99. The molecule has 5 heteroatoms. The van der Waals surface area contributed by atoms with Crippen LogP contribution in [0, 0.1) is 6.36 Å². The smallest absolute Gasteiger partial charge is 0.303 e. The Bertz CT molecular complexity index is 150. The average molecular weight is 165 g/mol. The van der Waals surface area contributed by atoms with Gasteiger partial charge in [0.25, 0.3) is 0 Å². The Morgan fingerprint density at radius 2 is 2.27 bits per heavy atom. The van der Waals surface area contributed by atoms with E-state index in [-0.39, 0.29) is 0 Å². The van der Waals surface area contributed by atoms with Crippen LogP contribution in [0.15, 0.2) is 0 Å². The number of rotatable bonds is 1. The van der Waals surface area contributed by atoms with Gasteiger partial charge in [0.05, 0.1) is 6.61 Å². The number of aliphatic hydroxyl groups excluding tert-OH is 2. The van der Waals surface area contributed by atoms with E-state index in [4.69, 9.17) is 15.3 Å². The zero-order chi connectivity index (χ0) is 8.65. The molecule has 0 aromatic heterocycles. The Balaban J connectivity index is 2.71. The summed E-state index contributed by atoms with van der Waals surface area (Å²) in [5.74, 6) is 0. The van der Waals surface area contributed by atoms with E-state index < -0.39 is 30.8 Å². The molecule has 1 radical (unpaired) electrons. The van der Waals surface area contributed by atoms with Gasteiger partial charge in [-0.25, -0.2) is 4.39 Å². The third-order valence-corrected chi connectivity index (χ3v) is 1.76. The molecule has 1 heterocycles. The van der Waals surface area contributed by atoms with Gasteiger partial charge in [0, 0.05) is 0 Å². The summed E-state index contributed by atoms with van der Waals surface area (Å²) in [6, 6.07) is 0. The lowest BCUT2D eigenvalue weighted by Crippen LogP contribution is -2.42. The van der Waals surface area contributed by atoms with E-state index in [0.29, 0.717) is 0 Å². The molecule has 3 N–H and O–H groups in total. The van der Waals surface area contributed by atoms with Gasteiger partial charge in [-0.1, -0.05) is 0 Å². The Morgan fingerprint density at radius 3 is 2.45 bits per heavy atom. The standard InChI is InChI=1S/C6H10FO4/c1-6(10)4(9)3(2-8)11-5(6)7/h3-4,8-10H,2H2,1H3/t3-,4-,6-/m1/s1. The first-order valence-corrected chi connectivity index (χ1v) is 3.21. The molecule has 11 heavy (non-hydrogen) atoms. The van der Waals surface area contributed by atoms with Crippen LogP contribution in [0.2, 0.25) is 0 Å². The quantitative estimate of drug-likeness (QED) is 0.463. The Labute approximate surface area is 63.2 Å². The summed E-state index contributed by atoms with van der Waals surface area (Å²) in [6.45, 7) is 0.563. The Hall–Kier alpha value is -0.230. The summed E-state index contributed by atoms with van der Waals surface area (Å²) in [5.41, 5.74) is -1.99. The largest absolute Gasteiger partial charge is 0.394 e. The molecular weight excluding hydrogens is 155 g/mol. The lowest BCUT2D eigenvalue weighted by Gasteiger charge is -2.20. The highest BCUT2D eigenvalue weighted by molar-refractivity contribution is 5.05. The Morgan fingerprint density at radius 1 is 1.73 bits per heavy atom. The summed E-state index contributed by atoms with van der Waals surface area (Å²) >= 11 is 0. The van der Waals surface area contributed by atoms with Crippen LogP contribution in [-0.2, 0) is 4.74 Å². The van der Waals surface area contributed by atoms with Crippen molar-refractivity contribution in [3.8, 4) is 0 Å². The van der Waals surface area contributed by atoms with Crippen molar-refractivity contribution in [3.05, 3.63) is 6.36 Å². The second-order valence-electron chi connectivity index (χ2n) is 2.70. The first-order valence-electron chi connectivity index (χ1n) is 3.21. The molecular formula is C6H10FO4. The highest BCUT2D eigenvalue weighted by Crippen LogP contribution is 2.36. The Kier molecular flexibility index (Phi) is 2.15. The van der Waals surface area contributed by atoms with Crippen LogP contribution in [0.4, 0.5) is 4.39 Å². The molecule has 0 aliphatic carbocycles. The predicted molar refractivity (Wildman–Crippen MR) is 32.9 cm³/mol. The van der Waals surface area contributed by atoms with Gasteiger partial charge in [-0.15, -0.1) is 0 Å². The highest BCUT2D eigenvalue weighted by Gasteiger charge is 2.53. The third kappa shape index (κ3) is 1.24. The van der Waals surface area contributed by atoms with Crippen molar-refractivity contribution < 1.29 is 24.4 Å². The van der Waals surface area contributed by atoms with E-state index in [9.17, 15) is 4.39 Å². The van der Waals surface area contributed by atoms with Crippen molar-refractivity contribution in [2.75, 3.05) is 6.61 Å². The van der Waals surface area contributed by atoms with Gasteiger partial charge >= 0.3 is 6.36 Å². The van der Waals surface area contributed by atoms with E-state index in [2.05, 4.69) is 4.74 Å².